The van der Waals surface area contributed by atoms with Gasteiger partial charge in [-0.2, -0.15) is 5.26 Å². The lowest BCUT2D eigenvalue weighted by Gasteiger charge is -2.29. The predicted octanol–water partition coefficient (Wildman–Crippen LogP) is 2.60. The van der Waals surface area contributed by atoms with Gasteiger partial charge < -0.3 is 15.5 Å². The first-order valence-electron chi connectivity index (χ1n) is 8.98. The van der Waals surface area contributed by atoms with Gasteiger partial charge in [0.25, 0.3) is 0 Å². The molecule has 0 radical (unpaired) electrons. The molecule has 2 N–H and O–H groups in total. The van der Waals surface area contributed by atoms with E-state index in [-0.39, 0.29) is 16.9 Å². The first kappa shape index (κ1) is 16.6. The lowest BCUT2D eigenvalue weighted by atomic mass is 10.1. The number of carbonyl (C=O) groups excluding carboxylic acids is 2. The number of fused-ring (bicyclic) bond motifs is 1. The van der Waals surface area contributed by atoms with Crippen molar-refractivity contribution in [2.75, 3.05) is 11.9 Å². The number of amides is 3. The van der Waals surface area contributed by atoms with E-state index in [1.54, 1.807) is 6.07 Å². The number of anilines is 1. The quantitative estimate of drug-likeness (QED) is 0.837. The molecule has 0 aliphatic carbocycles. The van der Waals surface area contributed by atoms with Crippen molar-refractivity contribution in [2.24, 2.45) is 0 Å². The molecule has 0 unspecified atom stereocenters. The Labute approximate surface area is 160 Å². The van der Waals surface area contributed by atoms with Crippen molar-refractivity contribution in [3.63, 3.8) is 0 Å². The molecule has 0 saturated heterocycles. The Morgan fingerprint density at radius 3 is 2.89 bits per heavy atom. The molecule has 28 heavy (non-hydrogen) atoms. The van der Waals surface area contributed by atoms with Gasteiger partial charge in [0.2, 0.25) is 5.91 Å². The summed E-state index contributed by atoms with van der Waals surface area (Å²) in [7, 11) is 0. The SMILES string of the molecule is [2H]C1([2H])c2c(ccc(F)c2F)NC(=O)N1CC(=O)N[C@@H](C)c1ncc(C#N)cc1F. The van der Waals surface area contributed by atoms with Gasteiger partial charge in [0.05, 0.1) is 32.2 Å². The maximum absolute atomic E-state index is 14.2. The summed E-state index contributed by atoms with van der Waals surface area (Å²) in [5.74, 6) is -4.53. The Kier molecular flexibility index (Phi) is 4.47. The van der Waals surface area contributed by atoms with Crippen LogP contribution >= 0.6 is 0 Å². The Balaban J connectivity index is 1.80. The molecule has 2 aromatic rings. The average Bonchev–Trinajstić information content (AvgIpc) is 2.67. The van der Waals surface area contributed by atoms with Crippen LogP contribution in [0.25, 0.3) is 0 Å². The number of hydrogen-bond acceptors (Lipinski definition) is 4. The lowest BCUT2D eigenvalue weighted by Crippen LogP contribution is -2.45. The summed E-state index contributed by atoms with van der Waals surface area (Å²) in [6.07, 6.45) is 1.12. The second-order valence-electron chi connectivity index (χ2n) is 5.90. The number of benzene rings is 1. The highest BCUT2D eigenvalue weighted by Gasteiger charge is 2.28. The summed E-state index contributed by atoms with van der Waals surface area (Å²) in [6.45, 7) is -2.30. The van der Waals surface area contributed by atoms with E-state index in [1.165, 1.54) is 6.92 Å². The standard InChI is InChI=1S/C18H14F3N5O2/c1-9(17-13(20)4-10(5-22)6-23-17)24-15(27)8-26-7-11-14(25-18(26)28)3-2-12(19)16(11)21/h2-4,6,9H,7-8H2,1H3,(H,24,27)(H,25,28)/t9-/m0/s1/i7D2. The van der Waals surface area contributed by atoms with Crippen molar-refractivity contribution in [1.82, 2.24) is 15.2 Å². The molecule has 10 heteroatoms. The topological polar surface area (TPSA) is 98.1 Å². The summed E-state index contributed by atoms with van der Waals surface area (Å²) in [4.78, 5) is 28.8. The summed E-state index contributed by atoms with van der Waals surface area (Å²) in [5, 5.41) is 13.3. The monoisotopic (exact) mass is 391 g/mol. The molecule has 0 spiro atoms. The number of nitriles is 1. The Morgan fingerprint density at radius 2 is 2.21 bits per heavy atom. The van der Waals surface area contributed by atoms with Gasteiger partial charge in [0.15, 0.2) is 11.6 Å². The number of nitrogens with one attached hydrogen (secondary N) is 2. The first-order valence-corrected chi connectivity index (χ1v) is 7.98. The number of rotatable bonds is 4. The van der Waals surface area contributed by atoms with Crippen LogP contribution in [0.4, 0.5) is 23.7 Å². The molecular weight excluding hydrogens is 375 g/mol. The molecule has 1 aliphatic heterocycles. The average molecular weight is 391 g/mol. The molecule has 1 aromatic heterocycles. The normalized spacial score (nSPS) is 16.8. The highest BCUT2D eigenvalue weighted by molar-refractivity contribution is 5.94. The van der Waals surface area contributed by atoms with Gasteiger partial charge in [-0.25, -0.2) is 18.0 Å². The zero-order valence-corrected chi connectivity index (χ0v) is 14.4. The van der Waals surface area contributed by atoms with E-state index < -0.39 is 54.0 Å². The lowest BCUT2D eigenvalue weighted by molar-refractivity contribution is -0.122. The molecule has 1 atom stereocenters. The fourth-order valence-electron chi connectivity index (χ4n) is 2.57. The molecule has 144 valence electrons. The number of nitrogens with zero attached hydrogens (tertiary/aromatic N) is 3. The number of carbonyl (C=O) groups is 2. The highest BCUT2D eigenvalue weighted by Crippen LogP contribution is 2.27. The third kappa shape index (κ3) is 3.73. The van der Waals surface area contributed by atoms with Crippen LogP contribution in [-0.2, 0) is 11.3 Å². The van der Waals surface area contributed by atoms with E-state index in [0.29, 0.717) is 4.90 Å². The van der Waals surface area contributed by atoms with E-state index in [4.69, 9.17) is 8.00 Å². The minimum atomic E-state index is -2.83. The van der Waals surface area contributed by atoms with Gasteiger partial charge in [-0.1, -0.05) is 0 Å². The largest absolute Gasteiger partial charge is 0.346 e. The number of pyridine rings is 1. The maximum atomic E-state index is 14.2. The Hall–Kier alpha value is -3.61. The molecule has 0 fully saturated rings. The van der Waals surface area contributed by atoms with Crippen LogP contribution in [0.15, 0.2) is 24.4 Å². The predicted molar refractivity (Wildman–Crippen MR) is 91.3 cm³/mol. The third-order valence-electron chi connectivity index (χ3n) is 3.92. The summed E-state index contributed by atoms with van der Waals surface area (Å²) < 4.78 is 58.0. The van der Waals surface area contributed by atoms with Crippen molar-refractivity contribution in [3.05, 3.63) is 58.7 Å². The molecule has 3 rings (SSSR count). The van der Waals surface area contributed by atoms with Gasteiger partial charge in [-0.3, -0.25) is 9.78 Å². The van der Waals surface area contributed by atoms with E-state index >= 15 is 0 Å². The Bertz CT molecular complexity index is 1090. The molecule has 1 aromatic carbocycles. The second kappa shape index (κ2) is 7.56. The Morgan fingerprint density at radius 1 is 1.46 bits per heavy atom. The molecule has 0 saturated carbocycles. The minimum absolute atomic E-state index is 0.0131. The van der Waals surface area contributed by atoms with Crippen molar-refractivity contribution in [1.29, 1.82) is 5.26 Å². The molecular formula is C18H14F3N5O2. The maximum Gasteiger partial charge on any atom is 0.322 e. The number of aromatic nitrogens is 1. The van der Waals surface area contributed by atoms with Crippen LogP contribution in [0.1, 0.15) is 32.5 Å². The number of urea groups is 1. The van der Waals surface area contributed by atoms with Gasteiger partial charge >= 0.3 is 6.03 Å². The molecule has 1 aliphatic rings. The summed E-state index contributed by atoms with van der Waals surface area (Å²) in [5.41, 5.74) is -1.19. The smallest absolute Gasteiger partial charge is 0.322 e. The van der Waals surface area contributed by atoms with Crippen LogP contribution in [0.3, 0.4) is 0 Å². The highest BCUT2D eigenvalue weighted by atomic mass is 19.2. The van der Waals surface area contributed by atoms with E-state index in [9.17, 15) is 22.8 Å². The van der Waals surface area contributed by atoms with Crippen LogP contribution in [0.2, 0.25) is 0 Å². The van der Waals surface area contributed by atoms with Crippen molar-refractivity contribution < 1.29 is 25.5 Å². The van der Waals surface area contributed by atoms with Crippen LogP contribution in [0.5, 0.6) is 0 Å². The second-order valence-corrected chi connectivity index (χ2v) is 5.90. The number of halogens is 3. The zero-order chi connectivity index (χ0) is 22.2. The third-order valence-corrected chi connectivity index (χ3v) is 3.92. The van der Waals surface area contributed by atoms with Crippen molar-refractivity contribution >= 4 is 17.6 Å². The van der Waals surface area contributed by atoms with Crippen LogP contribution < -0.4 is 10.6 Å². The van der Waals surface area contributed by atoms with E-state index in [2.05, 4.69) is 15.6 Å². The molecule has 0 bridgehead atoms. The van der Waals surface area contributed by atoms with Crippen molar-refractivity contribution in [3.8, 4) is 6.07 Å². The molecule has 2 heterocycles. The summed E-state index contributed by atoms with van der Waals surface area (Å²) in [6, 6.07) is 2.40. The fraction of sp³-hybridized carbons (Fsp3) is 0.222. The summed E-state index contributed by atoms with van der Waals surface area (Å²) >= 11 is 0. The van der Waals surface area contributed by atoms with Crippen molar-refractivity contribution in [2.45, 2.75) is 19.5 Å². The number of hydrogen-bond donors (Lipinski definition) is 2. The van der Waals surface area contributed by atoms with Gasteiger partial charge in [0.1, 0.15) is 18.4 Å². The fourth-order valence-corrected chi connectivity index (χ4v) is 2.57. The zero-order valence-electron chi connectivity index (χ0n) is 16.4. The molecule has 7 nitrogen and oxygen atoms in total. The van der Waals surface area contributed by atoms with E-state index in [1.807, 2.05) is 0 Å². The minimum Gasteiger partial charge on any atom is -0.346 e. The van der Waals surface area contributed by atoms with Gasteiger partial charge in [-0.15, -0.1) is 0 Å². The van der Waals surface area contributed by atoms with Gasteiger partial charge in [0, 0.05) is 11.8 Å². The van der Waals surface area contributed by atoms with Crippen LogP contribution in [-0.4, -0.2) is 28.4 Å². The van der Waals surface area contributed by atoms with E-state index in [0.717, 1.165) is 24.4 Å². The molecule has 3 amide bonds. The first-order chi connectivity index (χ1) is 14.1. The van der Waals surface area contributed by atoms with Crippen LogP contribution in [0, 0.1) is 28.8 Å². The van der Waals surface area contributed by atoms with Gasteiger partial charge in [-0.05, 0) is 25.1 Å².